The lowest BCUT2D eigenvalue weighted by Gasteiger charge is -2.15. The molecule has 1 amide bonds. The molecule has 106 valence electrons. The first kappa shape index (κ1) is 15.0. The first-order valence-electron chi connectivity index (χ1n) is 6.24. The largest absolute Gasteiger partial charge is 0.324 e. The van der Waals surface area contributed by atoms with Crippen LogP contribution in [0.15, 0.2) is 30.6 Å². The lowest BCUT2D eigenvalue weighted by molar-refractivity contribution is -0.118. The van der Waals surface area contributed by atoms with Crippen molar-refractivity contribution in [3.05, 3.63) is 45.3 Å². The van der Waals surface area contributed by atoms with Crippen molar-refractivity contribution in [2.75, 3.05) is 12.4 Å². The fourth-order valence-electron chi connectivity index (χ4n) is 1.92. The number of aromatic nitrogens is 2. The van der Waals surface area contributed by atoms with Crippen LogP contribution >= 0.6 is 22.6 Å². The Morgan fingerprint density at radius 1 is 1.45 bits per heavy atom. The van der Waals surface area contributed by atoms with Crippen LogP contribution in [-0.4, -0.2) is 22.7 Å². The summed E-state index contributed by atoms with van der Waals surface area (Å²) in [6.45, 7) is 2.04. The van der Waals surface area contributed by atoms with Crippen molar-refractivity contribution >= 4 is 34.2 Å². The molecule has 2 aromatic rings. The summed E-state index contributed by atoms with van der Waals surface area (Å²) in [7, 11) is 3.59. The maximum absolute atomic E-state index is 12.3. The van der Waals surface area contributed by atoms with Gasteiger partial charge in [0.15, 0.2) is 0 Å². The van der Waals surface area contributed by atoms with E-state index in [0.717, 1.165) is 14.8 Å². The van der Waals surface area contributed by atoms with E-state index in [1.165, 1.54) is 5.56 Å². The van der Waals surface area contributed by atoms with Crippen LogP contribution in [0.3, 0.4) is 0 Å². The van der Waals surface area contributed by atoms with Gasteiger partial charge in [0, 0.05) is 28.1 Å². The van der Waals surface area contributed by atoms with Gasteiger partial charge in [-0.3, -0.25) is 9.48 Å². The molecule has 0 spiro atoms. The SMILES string of the molecule is CNC(C(=O)Nc1ccc(C)c(I)c1)c1cnn(C)c1. The third kappa shape index (κ3) is 3.37. The van der Waals surface area contributed by atoms with E-state index >= 15 is 0 Å². The quantitative estimate of drug-likeness (QED) is 0.795. The third-order valence-electron chi connectivity index (χ3n) is 3.05. The summed E-state index contributed by atoms with van der Waals surface area (Å²) in [4.78, 5) is 12.3. The van der Waals surface area contributed by atoms with Crippen LogP contribution in [0.1, 0.15) is 17.2 Å². The summed E-state index contributed by atoms with van der Waals surface area (Å²) >= 11 is 2.26. The zero-order chi connectivity index (χ0) is 14.7. The number of benzene rings is 1. The van der Waals surface area contributed by atoms with E-state index < -0.39 is 6.04 Å². The molecule has 2 N–H and O–H groups in total. The van der Waals surface area contributed by atoms with Gasteiger partial charge in [-0.15, -0.1) is 0 Å². The number of hydrogen-bond acceptors (Lipinski definition) is 3. The first-order valence-corrected chi connectivity index (χ1v) is 7.32. The zero-order valence-electron chi connectivity index (χ0n) is 11.6. The fraction of sp³-hybridized carbons (Fsp3) is 0.286. The monoisotopic (exact) mass is 384 g/mol. The molecule has 0 saturated carbocycles. The molecule has 2 rings (SSSR count). The number of carbonyl (C=O) groups excluding carboxylic acids is 1. The summed E-state index contributed by atoms with van der Waals surface area (Å²) in [5.74, 6) is -0.0971. The molecule has 0 saturated heterocycles. The average molecular weight is 384 g/mol. The van der Waals surface area contributed by atoms with Crippen LogP contribution in [0, 0.1) is 10.5 Å². The highest BCUT2D eigenvalue weighted by atomic mass is 127. The first-order chi connectivity index (χ1) is 9.51. The molecule has 0 fully saturated rings. The van der Waals surface area contributed by atoms with E-state index in [-0.39, 0.29) is 5.91 Å². The number of nitrogens with zero attached hydrogens (tertiary/aromatic N) is 2. The standard InChI is InChI=1S/C14H17IN4O/c1-9-4-5-11(6-12(9)15)18-14(20)13(16-2)10-7-17-19(3)8-10/h4-8,13,16H,1-3H3,(H,18,20). The summed E-state index contributed by atoms with van der Waals surface area (Å²) in [6, 6.07) is 5.45. The molecule has 1 heterocycles. The molecule has 0 radical (unpaired) electrons. The Balaban J connectivity index is 2.15. The Morgan fingerprint density at radius 3 is 2.75 bits per heavy atom. The van der Waals surface area contributed by atoms with Crippen molar-refractivity contribution in [1.82, 2.24) is 15.1 Å². The lowest BCUT2D eigenvalue weighted by Crippen LogP contribution is -2.30. The van der Waals surface area contributed by atoms with E-state index in [9.17, 15) is 4.79 Å². The van der Waals surface area contributed by atoms with E-state index in [4.69, 9.17) is 0 Å². The molecule has 1 aromatic heterocycles. The number of amides is 1. The highest BCUT2D eigenvalue weighted by molar-refractivity contribution is 14.1. The zero-order valence-corrected chi connectivity index (χ0v) is 13.8. The van der Waals surface area contributed by atoms with Crippen molar-refractivity contribution in [3.8, 4) is 0 Å². The van der Waals surface area contributed by atoms with Crippen LogP contribution < -0.4 is 10.6 Å². The summed E-state index contributed by atoms with van der Waals surface area (Å²) in [5, 5.41) is 10.0. The molecule has 1 aromatic carbocycles. The minimum absolute atomic E-state index is 0.0971. The van der Waals surface area contributed by atoms with Gasteiger partial charge < -0.3 is 10.6 Å². The van der Waals surface area contributed by atoms with Crippen LogP contribution in [0.25, 0.3) is 0 Å². The van der Waals surface area contributed by atoms with E-state index in [0.29, 0.717) is 0 Å². The van der Waals surface area contributed by atoms with Gasteiger partial charge >= 0.3 is 0 Å². The average Bonchev–Trinajstić information content (AvgIpc) is 2.81. The highest BCUT2D eigenvalue weighted by Gasteiger charge is 2.20. The maximum atomic E-state index is 12.3. The van der Waals surface area contributed by atoms with Gasteiger partial charge in [0.1, 0.15) is 6.04 Å². The molecule has 1 unspecified atom stereocenters. The highest BCUT2D eigenvalue weighted by Crippen LogP contribution is 2.19. The van der Waals surface area contributed by atoms with Crippen LogP contribution in [-0.2, 0) is 11.8 Å². The number of hydrogen-bond donors (Lipinski definition) is 2. The van der Waals surface area contributed by atoms with Gasteiger partial charge in [-0.05, 0) is 54.3 Å². The van der Waals surface area contributed by atoms with Crippen molar-refractivity contribution in [3.63, 3.8) is 0 Å². The molecule has 0 bridgehead atoms. The van der Waals surface area contributed by atoms with Crippen molar-refractivity contribution in [1.29, 1.82) is 0 Å². The molecule has 0 aliphatic carbocycles. The van der Waals surface area contributed by atoms with Gasteiger partial charge in [0.05, 0.1) is 6.20 Å². The molecular weight excluding hydrogens is 367 g/mol. The van der Waals surface area contributed by atoms with Crippen molar-refractivity contribution in [2.45, 2.75) is 13.0 Å². The van der Waals surface area contributed by atoms with E-state index in [2.05, 4.69) is 38.3 Å². The number of carbonyl (C=O) groups is 1. The minimum Gasteiger partial charge on any atom is -0.324 e. The molecule has 6 heteroatoms. The minimum atomic E-state index is -0.414. The normalized spacial score (nSPS) is 12.2. The Hall–Kier alpha value is -1.41. The molecule has 20 heavy (non-hydrogen) atoms. The van der Waals surface area contributed by atoms with Crippen molar-refractivity contribution in [2.24, 2.45) is 7.05 Å². The van der Waals surface area contributed by atoms with E-state index in [1.807, 2.05) is 38.4 Å². The fourth-order valence-corrected chi connectivity index (χ4v) is 2.44. The lowest BCUT2D eigenvalue weighted by atomic mass is 10.1. The topological polar surface area (TPSA) is 59.0 Å². The maximum Gasteiger partial charge on any atom is 0.246 e. The number of rotatable bonds is 4. The van der Waals surface area contributed by atoms with Crippen LogP contribution in [0.2, 0.25) is 0 Å². The second kappa shape index (κ2) is 6.36. The van der Waals surface area contributed by atoms with Crippen LogP contribution in [0.5, 0.6) is 0 Å². The number of aryl methyl sites for hydroxylation is 2. The molecule has 1 atom stereocenters. The molecular formula is C14H17IN4O. The van der Waals surface area contributed by atoms with Crippen molar-refractivity contribution < 1.29 is 4.79 Å². The Kier molecular flexibility index (Phi) is 4.77. The van der Waals surface area contributed by atoms with Gasteiger partial charge in [0.25, 0.3) is 0 Å². The van der Waals surface area contributed by atoms with Gasteiger partial charge in [-0.25, -0.2) is 0 Å². The van der Waals surface area contributed by atoms with Gasteiger partial charge in [-0.2, -0.15) is 5.10 Å². The third-order valence-corrected chi connectivity index (χ3v) is 4.21. The molecule has 0 aliphatic heterocycles. The summed E-state index contributed by atoms with van der Waals surface area (Å²) in [6.07, 6.45) is 3.53. The number of likely N-dealkylation sites (N-methyl/N-ethyl adjacent to an activating group) is 1. The summed E-state index contributed by atoms with van der Waals surface area (Å²) < 4.78 is 2.81. The second-order valence-electron chi connectivity index (χ2n) is 4.62. The number of nitrogens with one attached hydrogen (secondary N) is 2. The Bertz CT molecular complexity index is 623. The number of halogens is 1. The number of anilines is 1. The summed E-state index contributed by atoms with van der Waals surface area (Å²) in [5.41, 5.74) is 2.84. The molecule has 5 nitrogen and oxygen atoms in total. The Labute approximate surface area is 131 Å². The van der Waals surface area contributed by atoms with Gasteiger partial charge in [-0.1, -0.05) is 6.07 Å². The predicted octanol–water partition coefficient (Wildman–Crippen LogP) is 2.23. The van der Waals surface area contributed by atoms with E-state index in [1.54, 1.807) is 17.9 Å². The second-order valence-corrected chi connectivity index (χ2v) is 5.78. The van der Waals surface area contributed by atoms with Crippen LogP contribution in [0.4, 0.5) is 5.69 Å². The Morgan fingerprint density at radius 2 is 2.20 bits per heavy atom. The predicted molar refractivity (Wildman–Crippen MR) is 87.5 cm³/mol. The van der Waals surface area contributed by atoms with Gasteiger partial charge in [0.2, 0.25) is 5.91 Å². The molecule has 0 aliphatic rings. The smallest absolute Gasteiger partial charge is 0.246 e.